The number of hydrogen-bond acceptors (Lipinski definition) is 4. The van der Waals surface area contributed by atoms with Gasteiger partial charge in [0.2, 0.25) is 10.0 Å². The van der Waals surface area contributed by atoms with Crippen LogP contribution in [-0.4, -0.2) is 33.3 Å². The van der Waals surface area contributed by atoms with Gasteiger partial charge in [0.1, 0.15) is 6.10 Å². The average molecular weight is 319 g/mol. The third-order valence-electron chi connectivity index (χ3n) is 2.75. The number of carbonyl (C=O) groups is 1. The Morgan fingerprint density at radius 1 is 1.45 bits per heavy atom. The van der Waals surface area contributed by atoms with Crippen molar-refractivity contribution in [2.45, 2.75) is 18.9 Å². The molecule has 8 heteroatoms. The number of nitrogens with one attached hydrogen (secondary N) is 2. The Morgan fingerprint density at radius 2 is 2.20 bits per heavy atom. The number of benzene rings is 1. The summed E-state index contributed by atoms with van der Waals surface area (Å²) in [5.74, 6) is -0.220. The van der Waals surface area contributed by atoms with E-state index in [4.69, 9.17) is 16.3 Å². The van der Waals surface area contributed by atoms with Gasteiger partial charge < -0.3 is 10.1 Å². The minimum atomic E-state index is -3.39. The van der Waals surface area contributed by atoms with Gasteiger partial charge in [0, 0.05) is 12.3 Å². The lowest BCUT2D eigenvalue weighted by Crippen LogP contribution is -2.26. The molecule has 1 saturated heterocycles. The van der Waals surface area contributed by atoms with Crippen molar-refractivity contribution in [3.05, 3.63) is 23.2 Å². The zero-order valence-electron chi connectivity index (χ0n) is 10.8. The molecule has 1 aliphatic heterocycles. The van der Waals surface area contributed by atoms with Gasteiger partial charge in [0.25, 0.3) is 5.91 Å². The Labute approximate surface area is 122 Å². The molecule has 0 aromatic heterocycles. The van der Waals surface area contributed by atoms with E-state index in [0.29, 0.717) is 18.7 Å². The predicted molar refractivity (Wildman–Crippen MR) is 77.5 cm³/mol. The number of hydrogen-bond donors (Lipinski definition) is 2. The summed E-state index contributed by atoms with van der Waals surface area (Å²) >= 11 is 5.97. The third-order valence-corrected chi connectivity index (χ3v) is 3.66. The molecule has 1 aliphatic rings. The fourth-order valence-corrected chi connectivity index (χ4v) is 2.74. The number of anilines is 2. The Hall–Kier alpha value is -1.31. The first-order valence-electron chi connectivity index (χ1n) is 6.05. The van der Waals surface area contributed by atoms with Crippen LogP contribution in [0.2, 0.25) is 5.02 Å². The molecule has 1 amide bonds. The summed E-state index contributed by atoms with van der Waals surface area (Å²) in [4.78, 5) is 11.8. The molecule has 20 heavy (non-hydrogen) atoms. The van der Waals surface area contributed by atoms with Crippen LogP contribution < -0.4 is 10.0 Å². The average Bonchev–Trinajstić information content (AvgIpc) is 2.85. The van der Waals surface area contributed by atoms with E-state index in [9.17, 15) is 13.2 Å². The van der Waals surface area contributed by atoms with E-state index in [1.165, 1.54) is 12.1 Å². The van der Waals surface area contributed by atoms with Crippen LogP contribution in [0.15, 0.2) is 18.2 Å². The van der Waals surface area contributed by atoms with Crippen LogP contribution in [0.3, 0.4) is 0 Å². The molecule has 2 N–H and O–H groups in total. The topological polar surface area (TPSA) is 84.5 Å². The first kappa shape index (κ1) is 15.1. The number of amides is 1. The van der Waals surface area contributed by atoms with Crippen molar-refractivity contribution >= 4 is 38.9 Å². The number of carbonyl (C=O) groups excluding carboxylic acids is 1. The summed E-state index contributed by atoms with van der Waals surface area (Å²) in [6, 6.07) is 4.56. The Bertz CT molecular complexity index is 612. The molecule has 2 rings (SSSR count). The highest BCUT2D eigenvalue weighted by molar-refractivity contribution is 7.92. The molecule has 0 saturated carbocycles. The summed E-state index contributed by atoms with van der Waals surface area (Å²) < 4.78 is 29.8. The highest BCUT2D eigenvalue weighted by Gasteiger charge is 2.23. The Morgan fingerprint density at radius 3 is 2.75 bits per heavy atom. The highest BCUT2D eigenvalue weighted by Crippen LogP contribution is 2.26. The molecule has 1 atom stereocenters. The van der Waals surface area contributed by atoms with Crippen molar-refractivity contribution in [1.29, 1.82) is 0 Å². The summed E-state index contributed by atoms with van der Waals surface area (Å²) in [5, 5.41) is 2.90. The molecule has 1 aromatic rings. The molecule has 0 aliphatic carbocycles. The Kier molecular flexibility index (Phi) is 4.52. The van der Waals surface area contributed by atoms with Crippen molar-refractivity contribution in [2.75, 3.05) is 22.9 Å². The summed E-state index contributed by atoms with van der Waals surface area (Å²) in [6.07, 6.45) is 2.18. The van der Waals surface area contributed by atoms with Crippen molar-refractivity contribution in [2.24, 2.45) is 0 Å². The van der Waals surface area contributed by atoms with Crippen LogP contribution >= 0.6 is 11.6 Å². The SMILES string of the molecule is CS(=O)(=O)Nc1ccc(NC(=O)[C@@H]2CCCO2)cc1Cl. The van der Waals surface area contributed by atoms with Crippen LogP contribution in [0, 0.1) is 0 Å². The highest BCUT2D eigenvalue weighted by atomic mass is 35.5. The third kappa shape index (κ3) is 4.09. The van der Waals surface area contributed by atoms with E-state index in [0.717, 1.165) is 12.7 Å². The van der Waals surface area contributed by atoms with E-state index >= 15 is 0 Å². The molecule has 6 nitrogen and oxygen atoms in total. The second-order valence-corrected chi connectivity index (χ2v) is 6.72. The maximum atomic E-state index is 11.8. The molecule has 0 radical (unpaired) electrons. The molecular formula is C12H15ClN2O4S. The van der Waals surface area contributed by atoms with Gasteiger partial charge in [-0.25, -0.2) is 8.42 Å². The van der Waals surface area contributed by atoms with Crippen molar-refractivity contribution in [3.63, 3.8) is 0 Å². The summed E-state index contributed by atoms with van der Waals surface area (Å²) in [5.41, 5.74) is 0.763. The second kappa shape index (κ2) is 5.99. The lowest BCUT2D eigenvalue weighted by molar-refractivity contribution is -0.124. The molecule has 1 fully saturated rings. The summed E-state index contributed by atoms with van der Waals surface area (Å²) in [6.45, 7) is 0.593. The first-order valence-corrected chi connectivity index (χ1v) is 8.32. The normalized spacial score (nSPS) is 18.8. The van der Waals surface area contributed by atoms with Crippen LogP contribution in [0.25, 0.3) is 0 Å². The zero-order chi connectivity index (χ0) is 14.8. The molecule has 110 valence electrons. The fourth-order valence-electron chi connectivity index (χ4n) is 1.88. The number of sulfonamides is 1. The van der Waals surface area contributed by atoms with Crippen molar-refractivity contribution in [1.82, 2.24) is 0 Å². The first-order chi connectivity index (χ1) is 9.35. The van der Waals surface area contributed by atoms with Crippen molar-refractivity contribution < 1.29 is 17.9 Å². The fraction of sp³-hybridized carbons (Fsp3) is 0.417. The molecule has 1 aromatic carbocycles. The maximum Gasteiger partial charge on any atom is 0.253 e. The molecule has 0 spiro atoms. The molecule has 0 bridgehead atoms. The number of ether oxygens (including phenoxy) is 1. The van der Waals surface area contributed by atoms with Gasteiger partial charge in [-0.2, -0.15) is 0 Å². The second-order valence-electron chi connectivity index (χ2n) is 4.56. The van der Waals surface area contributed by atoms with E-state index in [-0.39, 0.29) is 16.6 Å². The van der Waals surface area contributed by atoms with Crippen molar-refractivity contribution in [3.8, 4) is 0 Å². The largest absolute Gasteiger partial charge is 0.368 e. The van der Waals surface area contributed by atoms with Gasteiger partial charge in [-0.15, -0.1) is 0 Å². The lowest BCUT2D eigenvalue weighted by atomic mass is 10.2. The van der Waals surface area contributed by atoms with Gasteiger partial charge in [-0.05, 0) is 31.0 Å². The van der Waals surface area contributed by atoms with Crippen LogP contribution in [0.1, 0.15) is 12.8 Å². The van der Waals surface area contributed by atoms with Gasteiger partial charge in [-0.1, -0.05) is 11.6 Å². The lowest BCUT2D eigenvalue weighted by Gasteiger charge is -2.12. The van der Waals surface area contributed by atoms with E-state index in [1.807, 2.05) is 0 Å². The number of rotatable bonds is 4. The molecular weight excluding hydrogens is 304 g/mol. The van der Waals surface area contributed by atoms with E-state index < -0.39 is 16.1 Å². The summed E-state index contributed by atoms with van der Waals surface area (Å²) in [7, 11) is -3.39. The minimum Gasteiger partial charge on any atom is -0.368 e. The quantitative estimate of drug-likeness (QED) is 0.887. The van der Waals surface area contributed by atoms with Gasteiger partial charge >= 0.3 is 0 Å². The minimum absolute atomic E-state index is 0.209. The van der Waals surface area contributed by atoms with E-state index in [2.05, 4.69) is 10.0 Å². The van der Waals surface area contributed by atoms with Crippen LogP contribution in [0.5, 0.6) is 0 Å². The zero-order valence-corrected chi connectivity index (χ0v) is 12.4. The molecule has 0 unspecified atom stereocenters. The Balaban J connectivity index is 2.07. The standard InChI is InChI=1S/C12H15ClN2O4S/c1-20(17,18)15-10-5-4-8(7-9(10)13)14-12(16)11-3-2-6-19-11/h4-5,7,11,15H,2-3,6H2,1H3,(H,14,16)/t11-/m0/s1. The monoisotopic (exact) mass is 318 g/mol. The van der Waals surface area contributed by atoms with E-state index in [1.54, 1.807) is 6.07 Å². The number of halogens is 1. The van der Waals surface area contributed by atoms with Crippen LogP contribution in [-0.2, 0) is 19.6 Å². The maximum absolute atomic E-state index is 11.8. The predicted octanol–water partition coefficient (Wildman–Crippen LogP) is 1.83. The molecule has 1 heterocycles. The smallest absolute Gasteiger partial charge is 0.253 e. The van der Waals surface area contributed by atoms with Crippen LogP contribution in [0.4, 0.5) is 11.4 Å². The van der Waals surface area contributed by atoms with Gasteiger partial charge in [0.05, 0.1) is 17.0 Å². The van der Waals surface area contributed by atoms with Gasteiger partial charge in [-0.3, -0.25) is 9.52 Å². The van der Waals surface area contributed by atoms with Gasteiger partial charge in [0.15, 0.2) is 0 Å².